The van der Waals surface area contributed by atoms with Crippen molar-refractivity contribution in [3.05, 3.63) is 62.4 Å². The van der Waals surface area contributed by atoms with Gasteiger partial charge in [-0.15, -0.1) is 0 Å². The fourth-order valence-electron chi connectivity index (χ4n) is 3.28. The topological polar surface area (TPSA) is 96.2 Å². The molecule has 0 aliphatic rings. The summed E-state index contributed by atoms with van der Waals surface area (Å²) in [6.45, 7) is 6.88. The highest BCUT2D eigenvalue weighted by Gasteiger charge is 2.28. The Morgan fingerprint density at radius 3 is 2.61 bits per heavy atom. The summed E-state index contributed by atoms with van der Waals surface area (Å²) in [4.78, 5) is 25.7. The highest BCUT2D eigenvalue weighted by molar-refractivity contribution is 6.12. The van der Waals surface area contributed by atoms with E-state index in [0.29, 0.717) is 16.5 Å². The van der Waals surface area contributed by atoms with Gasteiger partial charge in [-0.1, -0.05) is 13.8 Å². The maximum Gasteiger partial charge on any atom is 0.271 e. The first-order chi connectivity index (χ1) is 13.2. The van der Waals surface area contributed by atoms with E-state index in [1.807, 2.05) is 19.9 Å². The van der Waals surface area contributed by atoms with Crippen LogP contribution in [-0.4, -0.2) is 15.5 Å². The molecule has 2 heterocycles. The zero-order chi connectivity index (χ0) is 20.7. The normalized spacial score (nSPS) is 11.2. The smallest absolute Gasteiger partial charge is 0.271 e. The number of ketones is 1. The van der Waals surface area contributed by atoms with Crippen LogP contribution < -0.4 is 5.56 Å². The molecule has 0 fully saturated rings. The van der Waals surface area contributed by atoms with Crippen LogP contribution in [0, 0.1) is 36.9 Å². The molecule has 6 nitrogen and oxygen atoms in total. The number of hydrogen-bond acceptors (Lipinski definition) is 5. The number of nitriles is 1. The predicted molar refractivity (Wildman–Crippen MR) is 101 cm³/mol. The maximum atomic E-state index is 13.6. The van der Waals surface area contributed by atoms with E-state index in [0.717, 1.165) is 4.57 Å². The average Bonchev–Trinajstić information content (AvgIpc) is 2.95. The Hall–Kier alpha value is -3.40. The number of benzene rings is 1. The summed E-state index contributed by atoms with van der Waals surface area (Å²) in [6.07, 6.45) is 0. The largest absolute Gasteiger partial charge is 0.494 e. The van der Waals surface area contributed by atoms with E-state index in [2.05, 4.69) is 0 Å². The third kappa shape index (κ3) is 2.97. The van der Waals surface area contributed by atoms with E-state index in [1.54, 1.807) is 6.92 Å². The van der Waals surface area contributed by atoms with Crippen LogP contribution in [0.25, 0.3) is 11.0 Å². The van der Waals surface area contributed by atoms with Crippen molar-refractivity contribution in [1.82, 2.24) is 4.57 Å². The van der Waals surface area contributed by atoms with E-state index < -0.39 is 23.0 Å². The van der Waals surface area contributed by atoms with Gasteiger partial charge in [-0.25, -0.2) is 4.39 Å². The summed E-state index contributed by atoms with van der Waals surface area (Å²) in [5.41, 5.74) is -0.193. The van der Waals surface area contributed by atoms with E-state index in [-0.39, 0.29) is 34.9 Å². The lowest BCUT2D eigenvalue weighted by molar-refractivity contribution is 0.100. The van der Waals surface area contributed by atoms with Gasteiger partial charge in [-0.3, -0.25) is 14.2 Å². The van der Waals surface area contributed by atoms with E-state index >= 15 is 0 Å². The molecule has 1 N–H and O–H groups in total. The van der Waals surface area contributed by atoms with Crippen LogP contribution in [0.4, 0.5) is 4.39 Å². The summed E-state index contributed by atoms with van der Waals surface area (Å²) >= 11 is 0. The highest BCUT2D eigenvalue weighted by atomic mass is 19.1. The summed E-state index contributed by atoms with van der Waals surface area (Å²) in [5, 5.41) is 20.5. The number of aromatic nitrogens is 1. The second kappa shape index (κ2) is 6.97. The average molecular weight is 382 g/mol. The molecule has 0 radical (unpaired) electrons. The van der Waals surface area contributed by atoms with Crippen molar-refractivity contribution >= 4 is 16.8 Å². The fourth-order valence-corrected chi connectivity index (χ4v) is 3.28. The Balaban J connectivity index is 2.29. The van der Waals surface area contributed by atoms with Gasteiger partial charge in [0.25, 0.3) is 5.56 Å². The third-order valence-corrected chi connectivity index (χ3v) is 4.68. The molecular formula is C21H19FN2O4. The minimum atomic E-state index is -0.668. The van der Waals surface area contributed by atoms with Crippen molar-refractivity contribution in [3.63, 3.8) is 0 Å². The van der Waals surface area contributed by atoms with Gasteiger partial charge in [0.05, 0.1) is 5.56 Å². The minimum Gasteiger partial charge on any atom is -0.494 e. The number of aryl methyl sites for hydroxylation is 1. The molecule has 3 aromatic rings. The lowest BCUT2D eigenvalue weighted by Gasteiger charge is -2.16. The van der Waals surface area contributed by atoms with Gasteiger partial charge in [-0.2, -0.15) is 5.26 Å². The first kappa shape index (κ1) is 19.4. The summed E-state index contributed by atoms with van der Waals surface area (Å²) in [7, 11) is 0. The van der Waals surface area contributed by atoms with Crippen LogP contribution in [0.5, 0.6) is 5.88 Å². The van der Waals surface area contributed by atoms with E-state index in [1.165, 1.54) is 25.1 Å². The van der Waals surface area contributed by atoms with Crippen LogP contribution in [0.1, 0.15) is 46.7 Å². The molecule has 0 bridgehead atoms. The van der Waals surface area contributed by atoms with Crippen LogP contribution in [-0.2, 0) is 6.54 Å². The summed E-state index contributed by atoms with van der Waals surface area (Å²) in [6, 6.07) is 5.72. The summed E-state index contributed by atoms with van der Waals surface area (Å²) < 4.78 is 20.2. The lowest BCUT2D eigenvalue weighted by atomic mass is 9.98. The molecule has 0 atom stereocenters. The lowest BCUT2D eigenvalue weighted by Crippen LogP contribution is -2.28. The van der Waals surface area contributed by atoms with Gasteiger partial charge in [0.2, 0.25) is 11.7 Å². The number of pyridine rings is 1. The Morgan fingerprint density at radius 2 is 2.00 bits per heavy atom. The van der Waals surface area contributed by atoms with Crippen molar-refractivity contribution < 1.29 is 18.7 Å². The number of furan rings is 1. The predicted octanol–water partition coefficient (Wildman–Crippen LogP) is 3.81. The minimum absolute atomic E-state index is 0.00304. The quantitative estimate of drug-likeness (QED) is 0.692. The maximum absolute atomic E-state index is 13.6. The van der Waals surface area contributed by atoms with Gasteiger partial charge >= 0.3 is 0 Å². The van der Waals surface area contributed by atoms with Gasteiger partial charge in [0.15, 0.2) is 5.76 Å². The molecular weight excluding hydrogens is 363 g/mol. The number of carbonyl (C=O) groups excluding carboxylic acids is 1. The van der Waals surface area contributed by atoms with Crippen molar-refractivity contribution in [2.24, 2.45) is 5.92 Å². The zero-order valence-corrected chi connectivity index (χ0v) is 16.0. The number of hydrogen-bond donors (Lipinski definition) is 1. The highest BCUT2D eigenvalue weighted by Crippen LogP contribution is 2.31. The van der Waals surface area contributed by atoms with Gasteiger partial charge in [-0.05, 0) is 43.5 Å². The molecule has 0 aliphatic heterocycles. The van der Waals surface area contributed by atoms with E-state index in [9.17, 15) is 24.3 Å². The van der Waals surface area contributed by atoms with E-state index in [4.69, 9.17) is 4.42 Å². The molecule has 0 spiro atoms. The van der Waals surface area contributed by atoms with Crippen LogP contribution >= 0.6 is 0 Å². The Labute approximate surface area is 160 Å². The standard InChI is InChI=1S/C21H19FN2O4/c1-10(2)9-24-20(26)15(8-23)11(3)17(21(24)27)18(25)19-12(4)14-7-13(22)5-6-16(14)28-19/h5-7,10,27H,9H2,1-4H3. The third-order valence-electron chi connectivity index (χ3n) is 4.68. The molecule has 0 saturated heterocycles. The molecule has 0 amide bonds. The Bertz CT molecular complexity index is 1210. The number of aromatic hydroxyl groups is 1. The number of rotatable bonds is 4. The van der Waals surface area contributed by atoms with Crippen molar-refractivity contribution in [2.75, 3.05) is 0 Å². The number of fused-ring (bicyclic) bond motifs is 1. The van der Waals surface area contributed by atoms with Gasteiger partial charge in [0, 0.05) is 17.5 Å². The molecule has 0 aliphatic carbocycles. The first-order valence-corrected chi connectivity index (χ1v) is 8.77. The molecule has 3 rings (SSSR count). The monoisotopic (exact) mass is 382 g/mol. The number of carbonyl (C=O) groups is 1. The molecule has 7 heteroatoms. The molecule has 1 aromatic carbocycles. The Morgan fingerprint density at radius 1 is 1.32 bits per heavy atom. The molecule has 2 aromatic heterocycles. The van der Waals surface area contributed by atoms with Gasteiger partial charge < -0.3 is 9.52 Å². The molecule has 0 unspecified atom stereocenters. The summed E-state index contributed by atoms with van der Waals surface area (Å²) in [5.74, 6) is -1.72. The van der Waals surface area contributed by atoms with Crippen LogP contribution in [0.15, 0.2) is 27.4 Å². The van der Waals surface area contributed by atoms with Crippen LogP contribution in [0.2, 0.25) is 0 Å². The van der Waals surface area contributed by atoms with Crippen molar-refractivity contribution in [2.45, 2.75) is 34.2 Å². The van der Waals surface area contributed by atoms with Crippen molar-refractivity contribution in [3.8, 4) is 11.9 Å². The fraction of sp³-hybridized carbons (Fsp3) is 0.286. The second-order valence-corrected chi connectivity index (χ2v) is 7.15. The Kier molecular flexibility index (Phi) is 4.82. The number of nitrogens with zero attached hydrogens (tertiary/aromatic N) is 2. The van der Waals surface area contributed by atoms with Crippen LogP contribution in [0.3, 0.4) is 0 Å². The molecule has 28 heavy (non-hydrogen) atoms. The number of halogens is 1. The van der Waals surface area contributed by atoms with Crippen molar-refractivity contribution in [1.29, 1.82) is 5.26 Å². The zero-order valence-electron chi connectivity index (χ0n) is 16.0. The first-order valence-electron chi connectivity index (χ1n) is 8.77. The van der Waals surface area contributed by atoms with Gasteiger partial charge in [0.1, 0.15) is 23.0 Å². The molecule has 0 saturated carbocycles. The molecule has 144 valence electrons. The SMILES string of the molecule is Cc1c(C(=O)c2oc3ccc(F)cc3c2C)c(O)n(CC(C)C)c(=O)c1C#N. The second-order valence-electron chi connectivity index (χ2n) is 7.15.